The third-order valence-electron chi connectivity index (χ3n) is 4.38. The van der Waals surface area contributed by atoms with Gasteiger partial charge in [-0.25, -0.2) is 4.57 Å². The van der Waals surface area contributed by atoms with Crippen molar-refractivity contribution in [1.29, 1.82) is 0 Å². The fourth-order valence-electron chi connectivity index (χ4n) is 2.93. The van der Waals surface area contributed by atoms with Gasteiger partial charge in [0.25, 0.3) is 0 Å². The van der Waals surface area contributed by atoms with Crippen molar-refractivity contribution in [3.63, 3.8) is 0 Å². The summed E-state index contributed by atoms with van der Waals surface area (Å²) in [5.74, 6) is 0. The smallest absolute Gasteiger partial charge is 0.373 e. The molecule has 2 heterocycles. The first-order valence-corrected chi connectivity index (χ1v) is 10.1. The summed E-state index contributed by atoms with van der Waals surface area (Å²) in [5, 5.41) is 0.951. The van der Waals surface area contributed by atoms with E-state index in [1.54, 1.807) is 33.7 Å². The molecule has 0 aliphatic carbocycles. The van der Waals surface area contributed by atoms with Crippen molar-refractivity contribution in [2.45, 2.75) is 6.54 Å². The summed E-state index contributed by atoms with van der Waals surface area (Å²) >= 11 is 0. The van der Waals surface area contributed by atoms with Crippen LogP contribution in [0.25, 0.3) is 11.1 Å². The van der Waals surface area contributed by atoms with Crippen LogP contribution >= 0.6 is 0 Å². The molecule has 0 N–H and O–H groups in total. The lowest BCUT2D eigenvalue weighted by Gasteiger charge is -2.24. The van der Waals surface area contributed by atoms with Crippen LogP contribution < -0.4 is 9.75 Å². The number of benzene rings is 1. The van der Waals surface area contributed by atoms with Gasteiger partial charge in [-0.3, -0.25) is 4.98 Å². The molecule has 1 aromatic carbocycles. The molecule has 26 heavy (non-hydrogen) atoms. The highest BCUT2D eigenvalue weighted by atomic mass is 28.4. The van der Waals surface area contributed by atoms with Gasteiger partial charge in [-0.15, -0.1) is 0 Å². The van der Waals surface area contributed by atoms with E-state index in [4.69, 9.17) is 13.3 Å². The zero-order valence-corrected chi connectivity index (χ0v) is 16.3. The third-order valence-corrected chi connectivity index (χ3v) is 7.04. The van der Waals surface area contributed by atoms with Crippen LogP contribution in [0.2, 0.25) is 0 Å². The van der Waals surface area contributed by atoms with E-state index in [2.05, 4.69) is 46.2 Å². The largest absolute Gasteiger partial charge is 0.536 e. The number of aromatic nitrogens is 2. The van der Waals surface area contributed by atoms with Crippen molar-refractivity contribution in [2.75, 3.05) is 21.3 Å². The van der Waals surface area contributed by atoms with E-state index < -0.39 is 8.80 Å². The molecule has 0 spiro atoms. The van der Waals surface area contributed by atoms with Gasteiger partial charge in [-0.1, -0.05) is 24.3 Å². The highest BCUT2D eigenvalue weighted by Crippen LogP contribution is 2.16. The lowest BCUT2D eigenvalue weighted by atomic mass is 10.1. The van der Waals surface area contributed by atoms with Gasteiger partial charge in [-0.05, 0) is 23.3 Å². The minimum atomic E-state index is -2.77. The Morgan fingerprint density at radius 2 is 1.31 bits per heavy atom. The van der Waals surface area contributed by atoms with Gasteiger partial charge < -0.3 is 13.3 Å². The van der Waals surface area contributed by atoms with Crippen molar-refractivity contribution in [3.8, 4) is 11.1 Å². The molecule has 134 valence electrons. The van der Waals surface area contributed by atoms with E-state index in [9.17, 15) is 0 Å². The highest BCUT2D eigenvalue weighted by molar-refractivity contribution is 6.75. The molecule has 5 nitrogen and oxygen atoms in total. The van der Waals surface area contributed by atoms with Crippen LogP contribution in [-0.4, -0.2) is 35.1 Å². The Bertz CT molecular complexity index is 812. The number of hydrogen-bond acceptors (Lipinski definition) is 4. The normalized spacial score (nSPS) is 11.5. The molecule has 0 unspecified atom stereocenters. The van der Waals surface area contributed by atoms with Crippen LogP contribution in [-0.2, 0) is 19.8 Å². The SMILES string of the molecule is CO[Si](OC)(OC)c1ccc(C[n+]2ccc(-c3ccncc3)cc2)cc1. The van der Waals surface area contributed by atoms with Crippen molar-refractivity contribution in [3.05, 3.63) is 78.9 Å². The fourth-order valence-corrected chi connectivity index (χ4v) is 4.71. The van der Waals surface area contributed by atoms with Crippen LogP contribution in [0.5, 0.6) is 0 Å². The number of rotatable bonds is 7. The van der Waals surface area contributed by atoms with Crippen LogP contribution in [0.4, 0.5) is 0 Å². The number of pyridine rings is 2. The summed E-state index contributed by atoms with van der Waals surface area (Å²) in [6.45, 7) is 0.790. The maximum atomic E-state index is 5.52. The summed E-state index contributed by atoms with van der Waals surface area (Å²) in [6, 6.07) is 16.4. The molecule has 0 saturated carbocycles. The lowest BCUT2D eigenvalue weighted by Crippen LogP contribution is -2.54. The van der Waals surface area contributed by atoms with Crippen LogP contribution in [0.3, 0.4) is 0 Å². The standard InChI is InChI=1S/C20H23N2O3Si/c1-23-26(24-2,25-3)20-6-4-17(5-7-20)16-22-14-10-19(11-15-22)18-8-12-21-13-9-18/h4-15H,16H2,1-3H3/q+1. The molecule has 3 aromatic rings. The Hall–Kier alpha value is -2.38. The molecule has 0 aliphatic heterocycles. The maximum absolute atomic E-state index is 5.52. The predicted molar refractivity (Wildman–Crippen MR) is 102 cm³/mol. The van der Waals surface area contributed by atoms with Gasteiger partial charge >= 0.3 is 8.80 Å². The lowest BCUT2D eigenvalue weighted by molar-refractivity contribution is -0.688. The molecule has 0 saturated heterocycles. The monoisotopic (exact) mass is 367 g/mol. The first kappa shape index (κ1) is 18.4. The summed E-state index contributed by atoms with van der Waals surface area (Å²) in [6.07, 6.45) is 7.78. The second kappa shape index (κ2) is 8.33. The number of hydrogen-bond donors (Lipinski definition) is 0. The second-order valence-corrected chi connectivity index (χ2v) is 8.77. The van der Waals surface area contributed by atoms with E-state index in [0.29, 0.717) is 0 Å². The van der Waals surface area contributed by atoms with Gasteiger partial charge in [-0.2, -0.15) is 0 Å². The molecular weight excluding hydrogens is 344 g/mol. The summed E-state index contributed by atoms with van der Waals surface area (Å²) in [4.78, 5) is 4.06. The van der Waals surface area contributed by atoms with E-state index in [-0.39, 0.29) is 0 Å². The predicted octanol–water partition coefficient (Wildman–Crippen LogP) is 2.17. The minimum Gasteiger partial charge on any atom is -0.373 e. The van der Waals surface area contributed by atoms with Crippen molar-refractivity contribution >= 4 is 14.0 Å². The average Bonchev–Trinajstić information content (AvgIpc) is 2.72. The Morgan fingerprint density at radius 1 is 0.769 bits per heavy atom. The van der Waals surface area contributed by atoms with Crippen molar-refractivity contribution in [2.24, 2.45) is 0 Å². The highest BCUT2D eigenvalue weighted by Gasteiger charge is 2.40. The first-order chi connectivity index (χ1) is 12.7. The third kappa shape index (κ3) is 3.89. The summed E-state index contributed by atoms with van der Waals surface area (Å²) in [5.41, 5.74) is 3.54. The van der Waals surface area contributed by atoms with Gasteiger partial charge in [0.05, 0.1) is 0 Å². The van der Waals surface area contributed by atoms with E-state index >= 15 is 0 Å². The van der Waals surface area contributed by atoms with Crippen LogP contribution in [0, 0.1) is 0 Å². The van der Waals surface area contributed by atoms with E-state index in [1.807, 2.05) is 24.3 Å². The van der Waals surface area contributed by atoms with Gasteiger partial charge in [0.1, 0.15) is 0 Å². The molecular formula is C20H23N2O3Si+. The van der Waals surface area contributed by atoms with Crippen molar-refractivity contribution in [1.82, 2.24) is 4.98 Å². The molecule has 0 fully saturated rings. The van der Waals surface area contributed by atoms with E-state index in [0.717, 1.165) is 17.3 Å². The molecule has 2 aromatic heterocycles. The first-order valence-electron chi connectivity index (χ1n) is 8.35. The van der Waals surface area contributed by atoms with E-state index in [1.165, 1.54) is 11.1 Å². The zero-order valence-electron chi connectivity index (χ0n) is 15.3. The van der Waals surface area contributed by atoms with Gasteiger partial charge in [0.2, 0.25) is 0 Å². The molecule has 6 heteroatoms. The molecule has 0 radical (unpaired) electrons. The summed E-state index contributed by atoms with van der Waals surface area (Å²) in [7, 11) is 2.09. The van der Waals surface area contributed by atoms with Gasteiger partial charge in [0.15, 0.2) is 18.9 Å². The average molecular weight is 368 g/mol. The Morgan fingerprint density at radius 3 is 1.85 bits per heavy atom. The topological polar surface area (TPSA) is 44.5 Å². The Kier molecular flexibility index (Phi) is 5.90. The van der Waals surface area contributed by atoms with Crippen molar-refractivity contribution < 1.29 is 17.8 Å². The quantitative estimate of drug-likeness (QED) is 0.474. The maximum Gasteiger partial charge on any atom is 0.536 e. The second-order valence-electron chi connectivity index (χ2n) is 5.86. The molecule has 0 amide bonds. The molecule has 0 atom stereocenters. The van der Waals surface area contributed by atoms with Crippen LogP contribution in [0.1, 0.15) is 5.56 Å². The Balaban J connectivity index is 1.73. The Labute approximate surface area is 155 Å². The van der Waals surface area contributed by atoms with Crippen LogP contribution in [0.15, 0.2) is 73.3 Å². The molecule has 3 rings (SSSR count). The minimum absolute atomic E-state index is 0.790. The number of nitrogens with zero attached hydrogens (tertiary/aromatic N) is 2. The van der Waals surface area contributed by atoms with Gasteiger partial charge in [0, 0.05) is 56.6 Å². The summed E-state index contributed by atoms with van der Waals surface area (Å²) < 4.78 is 18.7. The fraction of sp³-hybridized carbons (Fsp3) is 0.200. The molecule has 0 aliphatic rings. The zero-order chi connectivity index (χ0) is 18.4. The molecule has 0 bridgehead atoms.